The highest BCUT2D eigenvalue weighted by atomic mass is 16.3. The second-order valence-electron chi connectivity index (χ2n) is 5.24. The predicted molar refractivity (Wildman–Crippen MR) is 65.7 cm³/mol. The van der Waals surface area contributed by atoms with Crippen molar-refractivity contribution < 1.29 is 5.11 Å². The largest absolute Gasteiger partial charge is 0.394 e. The summed E-state index contributed by atoms with van der Waals surface area (Å²) in [5.74, 6) is 0.798. The molecule has 1 unspecified atom stereocenters. The SMILES string of the molecule is CC(C)(C)c1nc2ccc(C(N)CO)cn2n1. The average Bonchev–Trinajstić information content (AvgIpc) is 2.70. The van der Waals surface area contributed by atoms with Gasteiger partial charge in [-0.05, 0) is 11.6 Å². The predicted octanol–water partition coefficient (Wildman–Crippen LogP) is 1.02. The Morgan fingerprint density at radius 1 is 1.41 bits per heavy atom. The maximum absolute atomic E-state index is 9.02. The zero-order valence-corrected chi connectivity index (χ0v) is 10.4. The molecule has 2 aromatic rings. The van der Waals surface area contributed by atoms with Crippen LogP contribution in [0.25, 0.3) is 5.65 Å². The van der Waals surface area contributed by atoms with E-state index in [0.717, 1.165) is 17.0 Å². The number of nitrogens with zero attached hydrogens (tertiary/aromatic N) is 3. The highest BCUT2D eigenvalue weighted by molar-refractivity contribution is 5.40. The van der Waals surface area contributed by atoms with Crippen LogP contribution in [0.2, 0.25) is 0 Å². The molecule has 0 spiro atoms. The number of nitrogens with two attached hydrogens (primary N) is 1. The number of fused-ring (bicyclic) bond motifs is 1. The second kappa shape index (κ2) is 4.09. The van der Waals surface area contributed by atoms with Crippen molar-refractivity contribution in [3.8, 4) is 0 Å². The van der Waals surface area contributed by atoms with Gasteiger partial charge in [-0.15, -0.1) is 0 Å². The van der Waals surface area contributed by atoms with E-state index in [1.54, 1.807) is 4.52 Å². The third kappa shape index (κ3) is 2.30. The van der Waals surface area contributed by atoms with Crippen LogP contribution in [0.15, 0.2) is 18.3 Å². The lowest BCUT2D eigenvalue weighted by Gasteiger charge is -2.11. The van der Waals surface area contributed by atoms with E-state index in [2.05, 4.69) is 30.9 Å². The van der Waals surface area contributed by atoms with Gasteiger partial charge in [-0.1, -0.05) is 26.8 Å². The first-order valence-electron chi connectivity index (χ1n) is 5.65. The summed E-state index contributed by atoms with van der Waals surface area (Å²) >= 11 is 0. The van der Waals surface area contributed by atoms with Crippen molar-refractivity contribution in [1.29, 1.82) is 0 Å². The Labute approximate surface area is 100 Å². The number of aromatic nitrogens is 3. The number of hydrogen-bond acceptors (Lipinski definition) is 4. The van der Waals surface area contributed by atoms with Crippen molar-refractivity contribution in [3.05, 3.63) is 29.7 Å². The molecule has 0 saturated carbocycles. The van der Waals surface area contributed by atoms with Gasteiger partial charge < -0.3 is 10.8 Å². The standard InChI is InChI=1S/C12H18N4O/c1-12(2,3)11-14-10-5-4-8(9(13)7-17)6-16(10)15-11/h4-6,9,17H,7,13H2,1-3H3. The fourth-order valence-corrected chi connectivity index (χ4v) is 1.54. The Bertz CT molecular complexity index is 527. The molecule has 0 aliphatic carbocycles. The summed E-state index contributed by atoms with van der Waals surface area (Å²) in [7, 11) is 0. The minimum absolute atomic E-state index is 0.0771. The Morgan fingerprint density at radius 2 is 2.12 bits per heavy atom. The Kier molecular flexibility index (Phi) is 2.89. The fraction of sp³-hybridized carbons (Fsp3) is 0.500. The molecule has 0 radical (unpaired) electrons. The van der Waals surface area contributed by atoms with Crippen molar-refractivity contribution >= 4 is 5.65 Å². The van der Waals surface area contributed by atoms with Crippen LogP contribution in [0.5, 0.6) is 0 Å². The summed E-state index contributed by atoms with van der Waals surface area (Å²) in [6, 6.07) is 3.37. The van der Waals surface area contributed by atoms with Gasteiger partial charge in [0.25, 0.3) is 0 Å². The van der Waals surface area contributed by atoms with Crippen molar-refractivity contribution in [2.24, 2.45) is 5.73 Å². The molecule has 3 N–H and O–H groups in total. The third-order valence-corrected chi connectivity index (χ3v) is 2.65. The smallest absolute Gasteiger partial charge is 0.157 e. The number of aliphatic hydroxyl groups is 1. The van der Waals surface area contributed by atoms with E-state index in [9.17, 15) is 0 Å². The molecule has 0 fully saturated rings. The summed E-state index contributed by atoms with van der Waals surface area (Å²) in [5, 5.41) is 13.5. The molecule has 2 aromatic heterocycles. The van der Waals surface area contributed by atoms with E-state index in [-0.39, 0.29) is 18.1 Å². The van der Waals surface area contributed by atoms with E-state index < -0.39 is 0 Å². The highest BCUT2D eigenvalue weighted by Crippen LogP contribution is 2.19. The molecule has 0 amide bonds. The molecule has 5 nitrogen and oxygen atoms in total. The van der Waals surface area contributed by atoms with Crippen LogP contribution in [0, 0.1) is 0 Å². The van der Waals surface area contributed by atoms with Crippen LogP contribution in [0.4, 0.5) is 0 Å². The monoisotopic (exact) mass is 234 g/mol. The lowest BCUT2D eigenvalue weighted by atomic mass is 9.96. The maximum atomic E-state index is 9.02. The van der Waals surface area contributed by atoms with Gasteiger partial charge in [0.1, 0.15) is 0 Å². The number of rotatable bonds is 2. The van der Waals surface area contributed by atoms with Gasteiger partial charge in [0, 0.05) is 11.6 Å². The molecule has 0 aromatic carbocycles. The summed E-state index contributed by atoms with van der Waals surface area (Å²) in [4.78, 5) is 4.46. The van der Waals surface area contributed by atoms with Crippen molar-refractivity contribution in [3.63, 3.8) is 0 Å². The van der Waals surface area contributed by atoms with Gasteiger partial charge in [-0.25, -0.2) is 9.50 Å². The van der Waals surface area contributed by atoms with Gasteiger partial charge in [-0.2, -0.15) is 5.10 Å². The van der Waals surface area contributed by atoms with E-state index in [1.165, 1.54) is 0 Å². The Hall–Kier alpha value is -1.46. The Balaban J connectivity index is 2.48. The molecule has 2 rings (SSSR count). The minimum atomic E-state index is -0.373. The zero-order valence-electron chi connectivity index (χ0n) is 10.4. The molecule has 2 heterocycles. The highest BCUT2D eigenvalue weighted by Gasteiger charge is 2.19. The molecule has 1 atom stereocenters. The number of aliphatic hydroxyl groups excluding tert-OH is 1. The normalized spacial score (nSPS) is 14.2. The third-order valence-electron chi connectivity index (χ3n) is 2.65. The number of pyridine rings is 1. The van der Waals surface area contributed by atoms with Gasteiger partial charge in [0.05, 0.1) is 12.6 Å². The van der Waals surface area contributed by atoms with Crippen molar-refractivity contribution in [2.75, 3.05) is 6.61 Å². The van der Waals surface area contributed by atoms with Crippen molar-refractivity contribution in [1.82, 2.24) is 14.6 Å². The summed E-state index contributed by atoms with van der Waals surface area (Å²) < 4.78 is 1.71. The maximum Gasteiger partial charge on any atom is 0.157 e. The van der Waals surface area contributed by atoms with E-state index >= 15 is 0 Å². The first-order valence-corrected chi connectivity index (χ1v) is 5.65. The van der Waals surface area contributed by atoms with Gasteiger partial charge >= 0.3 is 0 Å². The first kappa shape index (κ1) is 12.0. The fourth-order valence-electron chi connectivity index (χ4n) is 1.54. The molecular formula is C12H18N4O. The average molecular weight is 234 g/mol. The topological polar surface area (TPSA) is 76.4 Å². The van der Waals surface area contributed by atoms with Crippen LogP contribution in [0.3, 0.4) is 0 Å². The van der Waals surface area contributed by atoms with Crippen LogP contribution < -0.4 is 5.73 Å². The Morgan fingerprint density at radius 3 is 2.71 bits per heavy atom. The quantitative estimate of drug-likeness (QED) is 0.813. The molecule has 17 heavy (non-hydrogen) atoms. The summed E-state index contributed by atoms with van der Waals surface area (Å²) in [6.45, 7) is 6.14. The first-order chi connectivity index (χ1) is 7.91. The van der Waals surface area contributed by atoms with Crippen LogP contribution in [0.1, 0.15) is 38.2 Å². The molecule has 0 bridgehead atoms. The molecule has 92 valence electrons. The van der Waals surface area contributed by atoms with Crippen LogP contribution in [-0.4, -0.2) is 26.3 Å². The van der Waals surface area contributed by atoms with E-state index in [4.69, 9.17) is 10.8 Å². The van der Waals surface area contributed by atoms with Gasteiger partial charge in [0.2, 0.25) is 0 Å². The molecule has 5 heteroatoms. The van der Waals surface area contributed by atoms with E-state index in [0.29, 0.717) is 0 Å². The van der Waals surface area contributed by atoms with Crippen LogP contribution in [-0.2, 0) is 5.41 Å². The molecular weight excluding hydrogens is 216 g/mol. The summed E-state index contributed by atoms with van der Waals surface area (Å²) in [5.41, 5.74) is 7.34. The van der Waals surface area contributed by atoms with E-state index in [1.807, 2.05) is 18.3 Å². The molecule has 0 saturated heterocycles. The van der Waals surface area contributed by atoms with Crippen molar-refractivity contribution in [2.45, 2.75) is 32.2 Å². The minimum Gasteiger partial charge on any atom is -0.394 e. The lowest BCUT2D eigenvalue weighted by molar-refractivity contribution is 0.267. The second-order valence-corrected chi connectivity index (χ2v) is 5.24. The summed E-state index contributed by atoms with van der Waals surface area (Å²) in [6.07, 6.45) is 1.82. The lowest BCUT2D eigenvalue weighted by Crippen LogP contribution is -2.15. The van der Waals surface area contributed by atoms with Crippen LogP contribution >= 0.6 is 0 Å². The number of hydrogen-bond donors (Lipinski definition) is 2. The zero-order chi connectivity index (χ0) is 12.6. The molecule has 0 aliphatic heterocycles. The molecule has 0 aliphatic rings. The van der Waals surface area contributed by atoms with Gasteiger partial charge in [0.15, 0.2) is 11.5 Å². The van der Waals surface area contributed by atoms with Gasteiger partial charge in [-0.3, -0.25) is 0 Å².